The summed E-state index contributed by atoms with van der Waals surface area (Å²) in [5, 5.41) is 3.49. The second-order valence-corrected chi connectivity index (χ2v) is 10.9. The Morgan fingerprint density at radius 1 is 1.26 bits per heavy atom. The van der Waals surface area contributed by atoms with E-state index in [4.69, 9.17) is 4.74 Å². The molecule has 2 heterocycles. The average Bonchev–Trinajstić information content (AvgIpc) is 3.40. The molecule has 1 aromatic carbocycles. The van der Waals surface area contributed by atoms with Crippen LogP contribution in [0.4, 0.5) is 0 Å². The quantitative estimate of drug-likeness (QED) is 0.769. The molecule has 0 radical (unpaired) electrons. The monoisotopic (exact) mass is 421 g/mol. The molecule has 2 aliphatic carbocycles. The maximum absolute atomic E-state index is 12.7. The van der Waals surface area contributed by atoms with Gasteiger partial charge in [-0.2, -0.15) is 0 Å². The molecule has 2 saturated carbocycles. The fraction of sp³-hybridized carbons (Fsp3) is 0.615. The zero-order valence-electron chi connectivity index (χ0n) is 19.4. The van der Waals surface area contributed by atoms with Crippen LogP contribution in [0, 0.1) is 35.5 Å². The minimum Gasteiger partial charge on any atom is -0.373 e. The molecule has 166 valence electrons. The molecule has 5 rings (SSSR count). The molecule has 2 bridgehead atoms. The number of benzene rings is 1. The number of nitrogens with zero attached hydrogens (tertiary/aromatic N) is 2. The van der Waals surface area contributed by atoms with Crippen molar-refractivity contribution in [2.45, 2.75) is 66.0 Å². The molecule has 1 spiro atoms. The van der Waals surface area contributed by atoms with Gasteiger partial charge in [-0.1, -0.05) is 39.8 Å². The number of fused-ring (bicyclic) bond motifs is 1. The van der Waals surface area contributed by atoms with Gasteiger partial charge in [0.25, 0.3) is 0 Å². The zero-order chi connectivity index (χ0) is 22.0. The molecular formula is C26H35N3O2. The Morgan fingerprint density at radius 3 is 2.65 bits per heavy atom. The second-order valence-electron chi connectivity index (χ2n) is 10.9. The van der Waals surface area contributed by atoms with Gasteiger partial charge in [0.05, 0.1) is 6.10 Å². The fourth-order valence-corrected chi connectivity index (χ4v) is 6.90. The number of aromatic nitrogens is 2. The number of carbonyl (C=O) groups excluding carboxylic acids is 1. The molecule has 1 aliphatic heterocycles. The van der Waals surface area contributed by atoms with Gasteiger partial charge in [-0.05, 0) is 66.5 Å². The summed E-state index contributed by atoms with van der Waals surface area (Å²) in [6, 6.07) is 9.00. The highest BCUT2D eigenvalue weighted by Gasteiger charge is 2.68. The summed E-state index contributed by atoms with van der Waals surface area (Å²) in [4.78, 5) is 17.0. The number of aryl methyl sites for hydroxylation is 1. The lowest BCUT2D eigenvalue weighted by Gasteiger charge is -2.53. The summed E-state index contributed by atoms with van der Waals surface area (Å²) in [6.45, 7) is 11.5. The molecule has 1 aromatic heterocycles. The molecule has 1 N–H and O–H groups in total. The van der Waals surface area contributed by atoms with Gasteiger partial charge in [0.15, 0.2) is 0 Å². The van der Waals surface area contributed by atoms with Crippen molar-refractivity contribution < 1.29 is 9.53 Å². The van der Waals surface area contributed by atoms with Crippen molar-refractivity contribution in [1.82, 2.24) is 14.9 Å². The van der Waals surface area contributed by atoms with Crippen LogP contribution in [0.5, 0.6) is 0 Å². The Labute approximate surface area is 185 Å². The van der Waals surface area contributed by atoms with Crippen molar-refractivity contribution in [2.24, 2.45) is 28.6 Å². The third-order valence-electron chi connectivity index (χ3n) is 8.64. The van der Waals surface area contributed by atoms with Crippen molar-refractivity contribution in [2.75, 3.05) is 6.61 Å². The number of ether oxygens (including phenoxy) is 1. The molecule has 5 atom stereocenters. The first-order valence-corrected chi connectivity index (χ1v) is 11.8. The first-order valence-electron chi connectivity index (χ1n) is 11.8. The number of imidazole rings is 1. The lowest BCUT2D eigenvalue weighted by atomic mass is 9.58. The van der Waals surface area contributed by atoms with E-state index in [2.05, 4.69) is 53.0 Å². The standard InChI is InChI=1S/C26H35N3O2/c1-16(2)23(30)28-24-25(4,5)19-14-21-22(31-13-10-26(21,24)15-19)18-6-8-20(9-7-18)29-12-11-27-17(29)3/h6-9,11-12,16,19,21-22,24H,10,13-15H2,1-5H3,(H,28,30)/t19-,21-,22-,24+,26-/m1/s1. The van der Waals surface area contributed by atoms with Crippen LogP contribution in [0.3, 0.4) is 0 Å². The van der Waals surface area contributed by atoms with Crippen molar-refractivity contribution >= 4 is 5.91 Å². The maximum Gasteiger partial charge on any atom is 0.222 e. The van der Waals surface area contributed by atoms with E-state index in [9.17, 15) is 4.79 Å². The van der Waals surface area contributed by atoms with E-state index in [1.807, 2.05) is 33.2 Å². The molecule has 5 heteroatoms. The predicted octanol–water partition coefficient (Wildman–Crippen LogP) is 4.84. The van der Waals surface area contributed by atoms with Crippen molar-refractivity contribution in [3.63, 3.8) is 0 Å². The Bertz CT molecular complexity index is 977. The normalized spacial score (nSPS) is 33.5. The van der Waals surface area contributed by atoms with Gasteiger partial charge in [-0.15, -0.1) is 0 Å². The van der Waals surface area contributed by atoms with E-state index in [0.717, 1.165) is 24.5 Å². The Kier molecular flexibility index (Phi) is 4.81. The van der Waals surface area contributed by atoms with Crippen LogP contribution in [-0.4, -0.2) is 28.1 Å². The van der Waals surface area contributed by atoms with Gasteiger partial charge in [-0.3, -0.25) is 4.79 Å². The third-order valence-corrected chi connectivity index (χ3v) is 8.64. The summed E-state index contributed by atoms with van der Waals surface area (Å²) in [5.41, 5.74) is 2.65. The molecule has 0 unspecified atom stereocenters. The van der Waals surface area contributed by atoms with Gasteiger partial charge in [0, 0.05) is 36.6 Å². The lowest BCUT2D eigenvalue weighted by molar-refractivity contribution is -0.139. The lowest BCUT2D eigenvalue weighted by Crippen LogP contribution is -2.59. The Hall–Kier alpha value is -2.14. The van der Waals surface area contributed by atoms with Gasteiger partial charge in [0.1, 0.15) is 5.82 Å². The molecule has 3 fully saturated rings. The maximum atomic E-state index is 12.7. The van der Waals surface area contributed by atoms with Crippen molar-refractivity contribution in [3.8, 4) is 5.69 Å². The van der Waals surface area contributed by atoms with Crippen LogP contribution in [0.25, 0.3) is 5.69 Å². The predicted molar refractivity (Wildman–Crippen MR) is 121 cm³/mol. The highest BCUT2D eigenvalue weighted by Crippen LogP contribution is 2.70. The van der Waals surface area contributed by atoms with E-state index < -0.39 is 0 Å². The summed E-state index contributed by atoms with van der Waals surface area (Å²) in [7, 11) is 0. The molecular weight excluding hydrogens is 386 g/mol. The Balaban J connectivity index is 1.45. The van der Waals surface area contributed by atoms with Gasteiger partial charge < -0.3 is 14.6 Å². The minimum absolute atomic E-state index is 0.0135. The number of amides is 1. The smallest absolute Gasteiger partial charge is 0.222 e. The van der Waals surface area contributed by atoms with Crippen LogP contribution in [-0.2, 0) is 9.53 Å². The number of carbonyl (C=O) groups is 1. The van der Waals surface area contributed by atoms with Gasteiger partial charge in [0.2, 0.25) is 5.91 Å². The average molecular weight is 422 g/mol. The first kappa shape index (κ1) is 20.7. The van der Waals surface area contributed by atoms with E-state index in [1.54, 1.807) is 0 Å². The molecule has 31 heavy (non-hydrogen) atoms. The number of rotatable bonds is 4. The van der Waals surface area contributed by atoms with Crippen molar-refractivity contribution in [1.29, 1.82) is 0 Å². The summed E-state index contributed by atoms with van der Waals surface area (Å²) in [6.07, 6.45) is 7.37. The first-order chi connectivity index (χ1) is 14.7. The van der Waals surface area contributed by atoms with Crippen LogP contribution < -0.4 is 5.32 Å². The summed E-state index contributed by atoms with van der Waals surface area (Å²) >= 11 is 0. The van der Waals surface area contributed by atoms with Crippen molar-refractivity contribution in [3.05, 3.63) is 48.0 Å². The topological polar surface area (TPSA) is 56.1 Å². The van der Waals surface area contributed by atoms with Crippen LogP contribution >= 0.6 is 0 Å². The van der Waals surface area contributed by atoms with Gasteiger partial charge >= 0.3 is 0 Å². The second kappa shape index (κ2) is 7.19. The van der Waals surface area contributed by atoms with Crippen LogP contribution in [0.2, 0.25) is 0 Å². The molecule has 1 saturated heterocycles. The number of hydrogen-bond donors (Lipinski definition) is 1. The molecule has 3 aliphatic rings. The third kappa shape index (κ3) is 3.07. The van der Waals surface area contributed by atoms with Crippen LogP contribution in [0.15, 0.2) is 36.7 Å². The van der Waals surface area contributed by atoms with E-state index >= 15 is 0 Å². The molecule has 1 amide bonds. The van der Waals surface area contributed by atoms with Crippen LogP contribution in [0.1, 0.15) is 64.4 Å². The highest BCUT2D eigenvalue weighted by atomic mass is 16.5. The largest absolute Gasteiger partial charge is 0.373 e. The molecule has 2 aromatic rings. The zero-order valence-corrected chi connectivity index (χ0v) is 19.4. The summed E-state index contributed by atoms with van der Waals surface area (Å²) in [5.74, 6) is 2.27. The molecule has 5 nitrogen and oxygen atoms in total. The fourth-order valence-electron chi connectivity index (χ4n) is 6.90. The van der Waals surface area contributed by atoms with E-state index in [-0.39, 0.29) is 34.8 Å². The minimum atomic E-state index is 0.0135. The number of hydrogen-bond acceptors (Lipinski definition) is 3. The van der Waals surface area contributed by atoms with Gasteiger partial charge in [-0.25, -0.2) is 4.98 Å². The highest BCUT2D eigenvalue weighted by molar-refractivity contribution is 5.78. The SMILES string of the molecule is Cc1nccn1-c1ccc([C@H]2OCC[C@@]34C[C@@H](C[C@H]23)C(C)(C)[C@@H]4NC(=O)C(C)C)cc1. The van der Waals surface area contributed by atoms with E-state index in [1.165, 1.54) is 18.4 Å². The number of nitrogens with one attached hydrogen (secondary N) is 1. The summed E-state index contributed by atoms with van der Waals surface area (Å²) < 4.78 is 8.52. The Morgan fingerprint density at radius 2 is 2.00 bits per heavy atom. The van der Waals surface area contributed by atoms with E-state index in [0.29, 0.717) is 11.8 Å².